The SMILES string of the molecule is O=C([O-])[C@](O)(c1ccc(Br)cc1)[C@@H]1CCC(F)(F)C1. The van der Waals surface area contributed by atoms with Crippen molar-refractivity contribution in [1.29, 1.82) is 0 Å². The predicted molar refractivity (Wildman–Crippen MR) is 65.3 cm³/mol. The summed E-state index contributed by atoms with van der Waals surface area (Å²) in [6.45, 7) is 0. The van der Waals surface area contributed by atoms with E-state index in [9.17, 15) is 23.8 Å². The predicted octanol–water partition coefficient (Wildman–Crippen LogP) is 1.82. The van der Waals surface area contributed by atoms with Gasteiger partial charge in [0.05, 0.1) is 5.97 Å². The molecule has 0 unspecified atom stereocenters. The third kappa shape index (κ3) is 2.65. The van der Waals surface area contributed by atoms with Gasteiger partial charge in [-0.05, 0) is 24.1 Å². The van der Waals surface area contributed by atoms with E-state index < -0.39 is 36.3 Å². The maximum Gasteiger partial charge on any atom is 0.248 e. The first-order chi connectivity index (χ1) is 8.75. The Morgan fingerprint density at radius 2 is 2.00 bits per heavy atom. The highest BCUT2D eigenvalue weighted by molar-refractivity contribution is 9.10. The maximum absolute atomic E-state index is 13.2. The molecule has 2 rings (SSSR count). The summed E-state index contributed by atoms with van der Waals surface area (Å²) in [4.78, 5) is 11.3. The Bertz CT molecular complexity index is 489. The smallest absolute Gasteiger partial charge is 0.248 e. The Labute approximate surface area is 117 Å². The summed E-state index contributed by atoms with van der Waals surface area (Å²) in [6.07, 6.45) is -1.11. The Morgan fingerprint density at radius 1 is 1.42 bits per heavy atom. The highest BCUT2D eigenvalue weighted by atomic mass is 79.9. The van der Waals surface area contributed by atoms with Crippen LogP contribution >= 0.6 is 15.9 Å². The molecule has 0 aliphatic heterocycles. The number of rotatable bonds is 3. The monoisotopic (exact) mass is 333 g/mol. The zero-order valence-electron chi connectivity index (χ0n) is 9.91. The van der Waals surface area contributed by atoms with E-state index in [-0.39, 0.29) is 12.0 Å². The first kappa shape index (κ1) is 14.4. The minimum atomic E-state index is -2.93. The molecule has 0 bridgehead atoms. The molecular formula is C13H12BrF2O3-. The molecule has 1 aliphatic rings. The van der Waals surface area contributed by atoms with Crippen molar-refractivity contribution in [2.24, 2.45) is 5.92 Å². The van der Waals surface area contributed by atoms with Crippen LogP contribution in [0.3, 0.4) is 0 Å². The van der Waals surface area contributed by atoms with Gasteiger partial charge in [0.1, 0.15) is 5.60 Å². The largest absolute Gasteiger partial charge is 0.547 e. The standard InChI is InChI=1S/C13H13BrF2O3/c14-10-3-1-8(2-4-10)13(19,11(17)18)9-5-6-12(15,16)7-9/h1-4,9,19H,5-7H2,(H,17,18)/p-1/t9-,13+/m1/s1. The number of hydrogen-bond donors (Lipinski definition) is 1. The van der Waals surface area contributed by atoms with Crippen molar-refractivity contribution >= 4 is 21.9 Å². The number of aliphatic hydroxyl groups is 1. The van der Waals surface area contributed by atoms with Crippen LogP contribution in [0, 0.1) is 5.92 Å². The van der Waals surface area contributed by atoms with Crippen LogP contribution in [0.1, 0.15) is 24.8 Å². The molecule has 1 aromatic rings. The summed E-state index contributed by atoms with van der Waals surface area (Å²) in [5.74, 6) is -5.71. The van der Waals surface area contributed by atoms with Gasteiger partial charge in [-0.3, -0.25) is 0 Å². The lowest BCUT2D eigenvalue weighted by Gasteiger charge is -2.35. The van der Waals surface area contributed by atoms with E-state index in [0.29, 0.717) is 4.47 Å². The number of carboxylic acid groups (broad SMARTS) is 1. The van der Waals surface area contributed by atoms with Crippen LogP contribution in [0.2, 0.25) is 0 Å². The van der Waals surface area contributed by atoms with Crippen LogP contribution in [0.5, 0.6) is 0 Å². The third-order valence-corrected chi connectivity index (χ3v) is 4.12. The van der Waals surface area contributed by atoms with Crippen molar-refractivity contribution < 1.29 is 23.8 Å². The number of carbonyl (C=O) groups excluding carboxylic acids is 1. The number of carbonyl (C=O) groups is 1. The van der Waals surface area contributed by atoms with Gasteiger partial charge < -0.3 is 15.0 Å². The van der Waals surface area contributed by atoms with Gasteiger partial charge in [-0.1, -0.05) is 28.1 Å². The van der Waals surface area contributed by atoms with Crippen molar-refractivity contribution in [3.63, 3.8) is 0 Å². The number of carboxylic acids is 1. The minimum Gasteiger partial charge on any atom is -0.547 e. The van der Waals surface area contributed by atoms with Crippen molar-refractivity contribution in [1.82, 2.24) is 0 Å². The Kier molecular flexibility index (Phi) is 3.66. The lowest BCUT2D eigenvalue weighted by molar-refractivity contribution is -0.330. The summed E-state index contributed by atoms with van der Waals surface area (Å²) in [5.41, 5.74) is -2.31. The summed E-state index contributed by atoms with van der Waals surface area (Å²) >= 11 is 3.19. The van der Waals surface area contributed by atoms with Gasteiger partial charge in [0, 0.05) is 23.2 Å². The topological polar surface area (TPSA) is 60.4 Å². The van der Waals surface area contributed by atoms with Crippen LogP contribution in [-0.4, -0.2) is 17.0 Å². The fourth-order valence-electron chi connectivity index (χ4n) is 2.53. The highest BCUT2D eigenvalue weighted by Crippen LogP contribution is 2.47. The summed E-state index contributed by atoms with van der Waals surface area (Å²) < 4.78 is 27.2. The fourth-order valence-corrected chi connectivity index (χ4v) is 2.80. The maximum atomic E-state index is 13.2. The Morgan fingerprint density at radius 3 is 2.42 bits per heavy atom. The van der Waals surface area contributed by atoms with E-state index in [1.54, 1.807) is 12.1 Å². The molecular weight excluding hydrogens is 322 g/mol. The van der Waals surface area contributed by atoms with E-state index in [2.05, 4.69) is 15.9 Å². The first-order valence-corrected chi connectivity index (χ1v) is 6.63. The summed E-state index contributed by atoms with van der Waals surface area (Å²) in [6, 6.07) is 5.90. The molecule has 1 fully saturated rings. The molecule has 0 heterocycles. The van der Waals surface area contributed by atoms with Crippen molar-refractivity contribution in [3.05, 3.63) is 34.3 Å². The Hall–Kier alpha value is -1.01. The van der Waals surface area contributed by atoms with E-state index in [1.165, 1.54) is 12.1 Å². The van der Waals surface area contributed by atoms with Gasteiger partial charge in [-0.25, -0.2) is 8.78 Å². The molecule has 1 aromatic carbocycles. The molecule has 0 aromatic heterocycles. The highest BCUT2D eigenvalue weighted by Gasteiger charge is 2.50. The summed E-state index contributed by atoms with van der Waals surface area (Å²) in [7, 11) is 0. The van der Waals surface area contributed by atoms with Gasteiger partial charge in [0.2, 0.25) is 5.92 Å². The van der Waals surface area contributed by atoms with Crippen molar-refractivity contribution in [2.45, 2.75) is 30.8 Å². The van der Waals surface area contributed by atoms with Gasteiger partial charge in [-0.15, -0.1) is 0 Å². The van der Waals surface area contributed by atoms with Gasteiger partial charge >= 0.3 is 0 Å². The molecule has 0 radical (unpaired) electrons. The molecule has 1 saturated carbocycles. The zero-order valence-corrected chi connectivity index (χ0v) is 11.5. The average Bonchev–Trinajstić information content (AvgIpc) is 2.69. The molecule has 19 heavy (non-hydrogen) atoms. The fraction of sp³-hybridized carbons (Fsp3) is 0.462. The molecule has 104 valence electrons. The Balaban J connectivity index is 2.38. The first-order valence-electron chi connectivity index (χ1n) is 5.83. The van der Waals surface area contributed by atoms with Crippen LogP contribution in [0.25, 0.3) is 0 Å². The number of hydrogen-bond acceptors (Lipinski definition) is 3. The van der Waals surface area contributed by atoms with Crippen LogP contribution < -0.4 is 5.11 Å². The second kappa shape index (κ2) is 4.83. The second-order valence-corrected chi connectivity index (χ2v) is 5.77. The van der Waals surface area contributed by atoms with Crippen LogP contribution in [0.15, 0.2) is 28.7 Å². The van der Waals surface area contributed by atoms with Crippen LogP contribution in [-0.2, 0) is 10.4 Å². The third-order valence-electron chi connectivity index (χ3n) is 3.59. The molecule has 3 nitrogen and oxygen atoms in total. The van der Waals surface area contributed by atoms with E-state index in [4.69, 9.17) is 0 Å². The number of aliphatic carboxylic acids is 1. The number of halogens is 3. The number of benzene rings is 1. The van der Waals surface area contributed by atoms with Gasteiger partial charge in [0.25, 0.3) is 0 Å². The molecule has 0 saturated heterocycles. The van der Waals surface area contributed by atoms with E-state index >= 15 is 0 Å². The molecule has 2 atom stereocenters. The summed E-state index contributed by atoms with van der Waals surface area (Å²) in [5, 5.41) is 21.7. The normalized spacial score (nSPS) is 24.9. The quantitative estimate of drug-likeness (QED) is 0.917. The van der Waals surface area contributed by atoms with E-state index in [0.717, 1.165) is 0 Å². The minimum absolute atomic E-state index is 0.0481. The number of alkyl halides is 2. The lowest BCUT2D eigenvalue weighted by Crippen LogP contribution is -2.50. The molecule has 6 heteroatoms. The zero-order chi connectivity index (χ0) is 14.3. The van der Waals surface area contributed by atoms with Crippen molar-refractivity contribution in [3.8, 4) is 0 Å². The molecule has 0 amide bonds. The average molecular weight is 334 g/mol. The van der Waals surface area contributed by atoms with E-state index in [1.807, 2.05) is 0 Å². The van der Waals surface area contributed by atoms with Crippen molar-refractivity contribution in [2.75, 3.05) is 0 Å². The molecule has 1 aliphatic carbocycles. The molecule has 1 N–H and O–H groups in total. The van der Waals surface area contributed by atoms with Crippen LogP contribution in [0.4, 0.5) is 8.78 Å². The van der Waals surface area contributed by atoms with Gasteiger partial charge in [0.15, 0.2) is 0 Å². The molecule has 0 spiro atoms. The van der Waals surface area contributed by atoms with Gasteiger partial charge in [-0.2, -0.15) is 0 Å². The second-order valence-electron chi connectivity index (χ2n) is 4.86. The lowest BCUT2D eigenvalue weighted by atomic mass is 9.80.